The standard InChI is InChI=1S/C7H13N2.C6H10N2.C2H6/c1-7(2)9-5-4-8(3)6-9;1-6(2)8-4-3-7-5-8;1-2/h4-7H,1-3H3;3-6H,1-2H3;1-2H3/q+1;;. The molecule has 0 aliphatic carbocycles. The summed E-state index contributed by atoms with van der Waals surface area (Å²) in [6.07, 6.45) is 11.8. The molecule has 2 heterocycles. The van der Waals surface area contributed by atoms with Gasteiger partial charge in [0, 0.05) is 18.4 Å². The van der Waals surface area contributed by atoms with Gasteiger partial charge >= 0.3 is 0 Å². The second-order valence-electron chi connectivity index (χ2n) is 4.72. The van der Waals surface area contributed by atoms with Gasteiger partial charge in [0.15, 0.2) is 0 Å². The first kappa shape index (κ1) is 17.4. The molecular formula is C15H29N4+. The molecule has 0 saturated heterocycles. The van der Waals surface area contributed by atoms with Crippen LogP contribution in [0.2, 0.25) is 0 Å². The summed E-state index contributed by atoms with van der Waals surface area (Å²) in [7, 11) is 2.03. The molecule has 19 heavy (non-hydrogen) atoms. The molecule has 0 saturated carbocycles. The van der Waals surface area contributed by atoms with Gasteiger partial charge in [-0.25, -0.2) is 14.1 Å². The third-order valence-electron chi connectivity index (χ3n) is 2.51. The highest BCUT2D eigenvalue weighted by Crippen LogP contribution is 2.00. The average Bonchev–Trinajstić information content (AvgIpc) is 3.02. The monoisotopic (exact) mass is 265 g/mol. The maximum absolute atomic E-state index is 3.91. The molecule has 0 fully saturated rings. The molecular weight excluding hydrogens is 236 g/mol. The summed E-state index contributed by atoms with van der Waals surface area (Å²) in [5, 5.41) is 0. The summed E-state index contributed by atoms with van der Waals surface area (Å²) in [4.78, 5) is 3.91. The Morgan fingerprint density at radius 3 is 1.74 bits per heavy atom. The highest BCUT2D eigenvalue weighted by molar-refractivity contribution is 4.76. The van der Waals surface area contributed by atoms with Crippen LogP contribution in [0.25, 0.3) is 0 Å². The lowest BCUT2D eigenvalue weighted by atomic mass is 10.4. The van der Waals surface area contributed by atoms with Gasteiger partial charge in [-0.15, -0.1) is 0 Å². The van der Waals surface area contributed by atoms with Crippen molar-refractivity contribution >= 4 is 0 Å². The molecule has 0 aromatic carbocycles. The van der Waals surface area contributed by atoms with E-state index < -0.39 is 0 Å². The normalized spacial score (nSPS) is 9.74. The van der Waals surface area contributed by atoms with E-state index in [2.05, 4.69) is 54.3 Å². The summed E-state index contributed by atoms with van der Waals surface area (Å²) < 4.78 is 6.26. The minimum absolute atomic E-state index is 0.539. The third kappa shape index (κ3) is 6.79. The minimum Gasteiger partial charge on any atom is -0.335 e. The molecule has 0 radical (unpaired) electrons. The van der Waals surface area contributed by atoms with Gasteiger partial charge in [0.05, 0.1) is 19.4 Å². The van der Waals surface area contributed by atoms with E-state index in [-0.39, 0.29) is 0 Å². The Bertz CT molecular complexity index is 413. The summed E-state index contributed by atoms with van der Waals surface area (Å²) >= 11 is 0. The quantitative estimate of drug-likeness (QED) is 0.765. The predicted octanol–water partition coefficient (Wildman–Crippen LogP) is 3.38. The second-order valence-corrected chi connectivity index (χ2v) is 4.72. The van der Waals surface area contributed by atoms with Crippen LogP contribution in [0.5, 0.6) is 0 Å². The maximum Gasteiger partial charge on any atom is 0.243 e. The summed E-state index contributed by atoms with van der Waals surface area (Å²) in [6, 6.07) is 1.11. The van der Waals surface area contributed by atoms with Gasteiger partial charge in [-0.1, -0.05) is 13.8 Å². The maximum atomic E-state index is 3.91. The molecule has 0 amide bonds. The number of aryl methyl sites for hydroxylation is 1. The fourth-order valence-electron chi connectivity index (χ4n) is 1.35. The SMILES string of the molecule is CC.CC(C)n1cc[n+](C)c1.CC(C)n1ccnc1. The van der Waals surface area contributed by atoms with E-state index in [0.29, 0.717) is 12.1 Å². The van der Waals surface area contributed by atoms with Crippen molar-refractivity contribution in [1.82, 2.24) is 14.1 Å². The van der Waals surface area contributed by atoms with Crippen LogP contribution in [0, 0.1) is 0 Å². The van der Waals surface area contributed by atoms with Gasteiger partial charge in [-0.2, -0.15) is 0 Å². The van der Waals surface area contributed by atoms with E-state index in [1.54, 1.807) is 6.20 Å². The van der Waals surface area contributed by atoms with E-state index in [9.17, 15) is 0 Å². The molecule has 0 bridgehead atoms. The van der Waals surface area contributed by atoms with Gasteiger partial charge < -0.3 is 4.57 Å². The summed E-state index contributed by atoms with van der Waals surface area (Å²) in [5.74, 6) is 0. The van der Waals surface area contributed by atoms with Crippen molar-refractivity contribution in [3.63, 3.8) is 0 Å². The Kier molecular flexibility index (Phi) is 8.58. The number of nitrogens with zero attached hydrogens (tertiary/aromatic N) is 4. The molecule has 4 nitrogen and oxygen atoms in total. The number of rotatable bonds is 2. The van der Waals surface area contributed by atoms with Gasteiger partial charge in [0.25, 0.3) is 0 Å². The van der Waals surface area contributed by atoms with Crippen LogP contribution >= 0.6 is 0 Å². The molecule has 2 rings (SSSR count). The van der Waals surface area contributed by atoms with E-state index in [4.69, 9.17) is 0 Å². The summed E-state index contributed by atoms with van der Waals surface area (Å²) in [6.45, 7) is 12.6. The number of imidazole rings is 2. The number of hydrogen-bond donors (Lipinski definition) is 0. The smallest absolute Gasteiger partial charge is 0.243 e. The molecule has 0 spiro atoms. The van der Waals surface area contributed by atoms with E-state index in [0.717, 1.165) is 0 Å². The molecule has 2 aromatic heterocycles. The summed E-state index contributed by atoms with van der Waals surface area (Å²) in [5.41, 5.74) is 0. The molecule has 0 atom stereocenters. The Morgan fingerprint density at radius 2 is 1.53 bits per heavy atom. The van der Waals surface area contributed by atoms with Crippen LogP contribution in [-0.2, 0) is 7.05 Å². The van der Waals surface area contributed by atoms with Crippen molar-refractivity contribution in [2.24, 2.45) is 7.05 Å². The van der Waals surface area contributed by atoms with Gasteiger partial charge in [0.2, 0.25) is 6.33 Å². The van der Waals surface area contributed by atoms with Crippen LogP contribution in [-0.4, -0.2) is 14.1 Å². The molecule has 4 heteroatoms. The topological polar surface area (TPSA) is 26.6 Å². The van der Waals surface area contributed by atoms with E-state index in [1.807, 2.05) is 44.2 Å². The lowest BCUT2D eigenvalue weighted by Gasteiger charge is -2.02. The average molecular weight is 265 g/mol. The van der Waals surface area contributed by atoms with Crippen molar-refractivity contribution < 1.29 is 4.57 Å². The van der Waals surface area contributed by atoms with Gasteiger partial charge in [0.1, 0.15) is 12.4 Å². The number of hydrogen-bond acceptors (Lipinski definition) is 1. The highest BCUT2D eigenvalue weighted by Gasteiger charge is 2.01. The Morgan fingerprint density at radius 1 is 0.947 bits per heavy atom. The van der Waals surface area contributed by atoms with Crippen molar-refractivity contribution in [3.8, 4) is 0 Å². The van der Waals surface area contributed by atoms with Gasteiger partial charge in [-0.3, -0.25) is 0 Å². The first-order valence-electron chi connectivity index (χ1n) is 7.01. The zero-order valence-electron chi connectivity index (χ0n) is 13.4. The fraction of sp³-hybridized carbons (Fsp3) is 0.600. The molecule has 2 aromatic rings. The molecule has 0 unspecified atom stereocenters. The van der Waals surface area contributed by atoms with Crippen LogP contribution < -0.4 is 4.57 Å². The second kappa shape index (κ2) is 9.36. The highest BCUT2D eigenvalue weighted by atomic mass is 15.1. The Labute approximate surface area is 117 Å². The van der Waals surface area contributed by atoms with E-state index in [1.165, 1.54) is 0 Å². The van der Waals surface area contributed by atoms with Crippen molar-refractivity contribution in [1.29, 1.82) is 0 Å². The van der Waals surface area contributed by atoms with Crippen LogP contribution in [0.4, 0.5) is 0 Å². The van der Waals surface area contributed by atoms with E-state index >= 15 is 0 Å². The Hall–Kier alpha value is -1.58. The Balaban J connectivity index is 0.000000303. The lowest BCUT2D eigenvalue weighted by Crippen LogP contribution is -2.23. The third-order valence-corrected chi connectivity index (χ3v) is 2.51. The van der Waals surface area contributed by atoms with Crippen molar-refractivity contribution in [3.05, 3.63) is 37.4 Å². The first-order valence-corrected chi connectivity index (χ1v) is 7.01. The largest absolute Gasteiger partial charge is 0.335 e. The molecule has 0 aliphatic heterocycles. The lowest BCUT2D eigenvalue weighted by molar-refractivity contribution is -0.671. The molecule has 0 N–H and O–H groups in total. The van der Waals surface area contributed by atoms with Crippen molar-refractivity contribution in [2.45, 2.75) is 53.6 Å². The fourth-order valence-corrected chi connectivity index (χ4v) is 1.35. The number of aromatic nitrogens is 4. The predicted molar refractivity (Wildman–Crippen MR) is 80.0 cm³/mol. The molecule has 0 aliphatic rings. The van der Waals surface area contributed by atoms with Crippen LogP contribution in [0.15, 0.2) is 37.4 Å². The van der Waals surface area contributed by atoms with Crippen molar-refractivity contribution in [2.75, 3.05) is 0 Å². The zero-order valence-corrected chi connectivity index (χ0v) is 13.4. The van der Waals surface area contributed by atoms with Crippen LogP contribution in [0.1, 0.15) is 53.6 Å². The van der Waals surface area contributed by atoms with Gasteiger partial charge in [-0.05, 0) is 27.7 Å². The minimum atomic E-state index is 0.539. The first-order chi connectivity index (χ1) is 9.00. The van der Waals surface area contributed by atoms with Crippen LogP contribution in [0.3, 0.4) is 0 Å². The molecule has 108 valence electrons. The zero-order chi connectivity index (χ0) is 14.8.